The van der Waals surface area contributed by atoms with Gasteiger partial charge in [0.2, 0.25) is 0 Å². The molecule has 0 aromatic rings. The number of halogens is 1. The molecule has 6 fully saturated rings. The summed E-state index contributed by atoms with van der Waals surface area (Å²) in [6.07, 6.45) is 10.5. The van der Waals surface area contributed by atoms with Crippen LogP contribution in [0.1, 0.15) is 86.0 Å². The van der Waals surface area contributed by atoms with E-state index in [0.717, 1.165) is 42.5 Å². The van der Waals surface area contributed by atoms with Gasteiger partial charge >= 0.3 is 5.97 Å². The Morgan fingerprint density at radius 1 is 1.03 bits per heavy atom. The number of carbonyl (C=O) groups is 1. The lowest BCUT2D eigenvalue weighted by molar-refractivity contribution is -0.239. The summed E-state index contributed by atoms with van der Waals surface area (Å²) >= 11 is 3.80. The monoisotopic (exact) mass is 536 g/mol. The van der Waals surface area contributed by atoms with Crippen molar-refractivity contribution in [3.63, 3.8) is 0 Å². The highest BCUT2D eigenvalue weighted by molar-refractivity contribution is 9.09. The van der Waals surface area contributed by atoms with Crippen LogP contribution in [0.5, 0.6) is 0 Å². The molecule has 1 spiro atoms. The molecule has 0 aromatic heterocycles. The molecule has 0 aromatic carbocycles. The number of ether oxygens (including phenoxy) is 3. The third-order valence-electron chi connectivity index (χ3n) is 12.5. The number of carbonyl (C=O) groups excluding carboxylic acids is 1. The van der Waals surface area contributed by atoms with Crippen molar-refractivity contribution < 1.29 is 19.0 Å². The van der Waals surface area contributed by atoms with Crippen molar-refractivity contribution in [2.24, 2.45) is 58.2 Å². The highest BCUT2D eigenvalue weighted by Gasteiger charge is 2.71. The van der Waals surface area contributed by atoms with Crippen LogP contribution in [-0.2, 0) is 19.0 Å². The van der Waals surface area contributed by atoms with Crippen LogP contribution in [-0.4, -0.2) is 35.9 Å². The molecule has 0 bridgehead atoms. The Labute approximate surface area is 214 Å². The van der Waals surface area contributed by atoms with Crippen LogP contribution in [0.25, 0.3) is 0 Å². The molecule has 34 heavy (non-hydrogen) atoms. The molecule has 0 unspecified atom stereocenters. The number of hydrogen-bond donors (Lipinski definition) is 0. The zero-order valence-electron chi connectivity index (χ0n) is 21.9. The van der Waals surface area contributed by atoms with E-state index in [2.05, 4.69) is 43.6 Å². The summed E-state index contributed by atoms with van der Waals surface area (Å²) < 4.78 is 19.2. The summed E-state index contributed by atoms with van der Waals surface area (Å²) in [5.41, 5.74) is 0.788. The molecule has 4 nitrogen and oxygen atoms in total. The molecular weight excluding hydrogens is 492 g/mol. The molecule has 0 radical (unpaired) electrons. The fourth-order valence-electron chi connectivity index (χ4n) is 10.9. The molecule has 0 N–H and O–H groups in total. The van der Waals surface area contributed by atoms with Gasteiger partial charge in [-0.05, 0) is 97.7 Å². The average Bonchev–Trinajstić information content (AvgIpc) is 3.37. The number of rotatable bonds is 2. The van der Waals surface area contributed by atoms with E-state index in [1.165, 1.54) is 38.5 Å². The number of esters is 1. The molecule has 5 heteroatoms. The first-order valence-electron chi connectivity index (χ1n) is 14.2. The van der Waals surface area contributed by atoms with Gasteiger partial charge in [0.1, 0.15) is 6.10 Å². The van der Waals surface area contributed by atoms with Crippen LogP contribution >= 0.6 is 15.9 Å². The summed E-state index contributed by atoms with van der Waals surface area (Å²) in [4.78, 5) is 11.6. The highest BCUT2D eigenvalue weighted by Crippen LogP contribution is 2.72. The standard InChI is InChI=1S/C29H45BrO4/c1-16-15-32-29(24(16)14-30)17(2)26-25(34-29)13-23-21-7-6-19-12-20(33-18(3)31)8-10-27(19,4)22(21)9-11-28(23,26)5/h16-17,19-26H,6-15H2,1-5H3/t16-,17+,19-,20-,21-,22+,23+,24-,25+,26+,27+,28+,29+/m1/s1. The Morgan fingerprint density at radius 3 is 2.53 bits per heavy atom. The Morgan fingerprint density at radius 2 is 1.79 bits per heavy atom. The van der Waals surface area contributed by atoms with Crippen LogP contribution in [0.4, 0.5) is 0 Å². The molecular formula is C29H45BrO4. The Balaban J connectivity index is 1.23. The van der Waals surface area contributed by atoms with Gasteiger partial charge in [-0.3, -0.25) is 4.79 Å². The van der Waals surface area contributed by atoms with E-state index >= 15 is 0 Å². The van der Waals surface area contributed by atoms with Crippen molar-refractivity contribution >= 4 is 21.9 Å². The maximum absolute atomic E-state index is 11.6. The minimum atomic E-state index is -0.373. The fourth-order valence-corrected chi connectivity index (χ4v) is 12.0. The van der Waals surface area contributed by atoms with Crippen LogP contribution in [0, 0.1) is 58.2 Å². The topological polar surface area (TPSA) is 44.8 Å². The summed E-state index contributed by atoms with van der Waals surface area (Å²) in [6.45, 7) is 12.4. The molecule has 13 atom stereocenters. The summed E-state index contributed by atoms with van der Waals surface area (Å²) in [7, 11) is 0. The van der Waals surface area contributed by atoms with Gasteiger partial charge in [0.25, 0.3) is 0 Å². The van der Waals surface area contributed by atoms with Gasteiger partial charge in [-0.2, -0.15) is 0 Å². The van der Waals surface area contributed by atoms with Crippen molar-refractivity contribution in [2.45, 2.75) is 104 Å². The van der Waals surface area contributed by atoms with Crippen LogP contribution in [0.15, 0.2) is 0 Å². The van der Waals surface area contributed by atoms with E-state index in [-0.39, 0.29) is 17.9 Å². The Kier molecular flexibility index (Phi) is 5.83. The first-order valence-corrected chi connectivity index (χ1v) is 15.3. The largest absolute Gasteiger partial charge is 0.463 e. The molecule has 6 rings (SSSR count). The molecule has 2 aliphatic heterocycles. The van der Waals surface area contributed by atoms with Crippen molar-refractivity contribution in [2.75, 3.05) is 11.9 Å². The predicted octanol–water partition coefficient (Wildman–Crippen LogP) is 6.60. The van der Waals surface area contributed by atoms with E-state index in [0.29, 0.717) is 46.5 Å². The maximum atomic E-state index is 11.6. The van der Waals surface area contributed by atoms with Gasteiger partial charge in [-0.25, -0.2) is 0 Å². The summed E-state index contributed by atoms with van der Waals surface area (Å²) in [5.74, 6) is 4.75. The Hall–Kier alpha value is -0.130. The molecule has 4 aliphatic carbocycles. The fraction of sp³-hybridized carbons (Fsp3) is 0.966. The van der Waals surface area contributed by atoms with E-state index in [1.54, 1.807) is 6.92 Å². The molecule has 4 saturated carbocycles. The number of fused-ring (bicyclic) bond motifs is 7. The van der Waals surface area contributed by atoms with Gasteiger partial charge in [0, 0.05) is 24.1 Å². The SMILES string of the molecule is CC(=O)O[C@@H]1CC[C@@]2(C)[C@H](CC[C@@H]3[C@@H]2CC[C@]2(C)[C@@H]4[C@H](C[C@@H]32)O[C@@]2(OC[C@@H](C)[C@H]2CBr)[C@H]4C)C1. The second-order valence-corrected chi connectivity index (χ2v) is 14.3. The Bertz CT molecular complexity index is 833. The van der Waals surface area contributed by atoms with Gasteiger partial charge < -0.3 is 14.2 Å². The van der Waals surface area contributed by atoms with E-state index < -0.39 is 0 Å². The second-order valence-electron chi connectivity index (χ2n) is 13.7. The van der Waals surface area contributed by atoms with Gasteiger partial charge in [-0.15, -0.1) is 0 Å². The maximum Gasteiger partial charge on any atom is 0.302 e. The molecule has 6 aliphatic rings. The molecule has 2 saturated heterocycles. The smallest absolute Gasteiger partial charge is 0.302 e. The number of alkyl halides is 1. The van der Waals surface area contributed by atoms with Crippen molar-refractivity contribution in [1.29, 1.82) is 0 Å². The normalized spacial score (nSPS) is 58.2. The minimum Gasteiger partial charge on any atom is -0.463 e. The first-order chi connectivity index (χ1) is 16.1. The van der Waals surface area contributed by atoms with Crippen LogP contribution in [0.2, 0.25) is 0 Å². The molecule has 192 valence electrons. The lowest BCUT2D eigenvalue weighted by atomic mass is 9.44. The average molecular weight is 538 g/mol. The van der Waals surface area contributed by atoms with Crippen molar-refractivity contribution in [1.82, 2.24) is 0 Å². The third-order valence-corrected chi connectivity index (χ3v) is 13.2. The zero-order valence-corrected chi connectivity index (χ0v) is 23.4. The quantitative estimate of drug-likeness (QED) is 0.294. The summed E-state index contributed by atoms with van der Waals surface area (Å²) in [5, 5.41) is 0.969. The number of hydrogen-bond acceptors (Lipinski definition) is 4. The van der Waals surface area contributed by atoms with E-state index in [1.807, 2.05) is 0 Å². The van der Waals surface area contributed by atoms with Gasteiger partial charge in [-0.1, -0.05) is 43.6 Å². The highest BCUT2D eigenvalue weighted by atomic mass is 79.9. The van der Waals surface area contributed by atoms with Crippen molar-refractivity contribution in [3.05, 3.63) is 0 Å². The predicted molar refractivity (Wildman–Crippen MR) is 135 cm³/mol. The van der Waals surface area contributed by atoms with Crippen LogP contribution < -0.4 is 0 Å². The van der Waals surface area contributed by atoms with Gasteiger partial charge in [0.15, 0.2) is 5.79 Å². The van der Waals surface area contributed by atoms with E-state index in [4.69, 9.17) is 14.2 Å². The van der Waals surface area contributed by atoms with Crippen LogP contribution in [0.3, 0.4) is 0 Å². The lowest BCUT2D eigenvalue weighted by Gasteiger charge is -2.61. The summed E-state index contributed by atoms with van der Waals surface area (Å²) in [6, 6.07) is 0. The second kappa shape index (κ2) is 8.18. The first kappa shape index (κ1) is 24.2. The molecule has 2 heterocycles. The third kappa shape index (κ3) is 3.17. The lowest BCUT2D eigenvalue weighted by Crippen LogP contribution is -2.55. The zero-order chi connectivity index (χ0) is 24.0. The minimum absolute atomic E-state index is 0.108. The van der Waals surface area contributed by atoms with Gasteiger partial charge in [0.05, 0.1) is 12.7 Å². The molecule has 0 amide bonds. The van der Waals surface area contributed by atoms with E-state index in [9.17, 15) is 4.79 Å². The van der Waals surface area contributed by atoms with Crippen molar-refractivity contribution in [3.8, 4) is 0 Å².